The van der Waals surface area contributed by atoms with Gasteiger partial charge in [0.2, 0.25) is 0 Å². The number of carbonyl (C=O) groups excluding carboxylic acids is 1. The van der Waals surface area contributed by atoms with E-state index in [0.29, 0.717) is 29.8 Å². The Labute approximate surface area is 171 Å². The van der Waals surface area contributed by atoms with Gasteiger partial charge >= 0.3 is 5.63 Å². The second kappa shape index (κ2) is 10.4. The van der Waals surface area contributed by atoms with Gasteiger partial charge in [-0.05, 0) is 24.1 Å². The van der Waals surface area contributed by atoms with Gasteiger partial charge in [-0.2, -0.15) is 0 Å². The zero-order valence-electron chi connectivity index (χ0n) is 17.2. The molecule has 1 unspecified atom stereocenters. The van der Waals surface area contributed by atoms with Crippen LogP contribution in [0.2, 0.25) is 0 Å². The molecule has 1 fully saturated rings. The first-order valence-corrected chi connectivity index (χ1v) is 10.4. The molecule has 7 nitrogen and oxygen atoms in total. The molecule has 1 aliphatic rings. The van der Waals surface area contributed by atoms with Gasteiger partial charge in [-0.1, -0.05) is 26.7 Å². The van der Waals surface area contributed by atoms with E-state index in [1.54, 1.807) is 24.3 Å². The molecule has 1 saturated heterocycles. The predicted molar refractivity (Wildman–Crippen MR) is 111 cm³/mol. The molecule has 0 radical (unpaired) electrons. The molecule has 2 aromatic rings. The predicted octanol–water partition coefficient (Wildman–Crippen LogP) is 2.43. The Morgan fingerprint density at radius 1 is 1.17 bits per heavy atom. The summed E-state index contributed by atoms with van der Waals surface area (Å²) in [6.07, 6.45) is 2.15. The molecule has 0 spiro atoms. The van der Waals surface area contributed by atoms with Crippen molar-refractivity contribution in [3.8, 4) is 5.75 Å². The lowest BCUT2D eigenvalue weighted by molar-refractivity contribution is -0.123. The summed E-state index contributed by atoms with van der Waals surface area (Å²) in [7, 11) is 0. The minimum absolute atomic E-state index is 0.0820. The standard InChI is InChI=1S/C22H30N2O5/c1-3-16(4-2)19(24-9-11-27-12-10-24)14-23-21(25)15-28-18-7-5-17-6-8-22(26)29-20(17)13-18/h5-8,13,16,19H,3-4,9-12,14-15H2,1-2H3,(H,23,25). The lowest BCUT2D eigenvalue weighted by Gasteiger charge is -2.38. The van der Waals surface area contributed by atoms with Crippen molar-refractivity contribution in [2.45, 2.75) is 32.7 Å². The third kappa shape index (κ3) is 5.81. The lowest BCUT2D eigenvalue weighted by atomic mass is 9.92. The van der Waals surface area contributed by atoms with Crippen LogP contribution in [0.1, 0.15) is 26.7 Å². The first-order valence-electron chi connectivity index (χ1n) is 10.4. The Morgan fingerprint density at radius 3 is 2.62 bits per heavy atom. The Bertz CT molecular complexity index is 856. The minimum Gasteiger partial charge on any atom is -0.484 e. The van der Waals surface area contributed by atoms with Crippen molar-refractivity contribution in [2.24, 2.45) is 5.92 Å². The van der Waals surface area contributed by atoms with Crippen LogP contribution < -0.4 is 15.7 Å². The van der Waals surface area contributed by atoms with Crippen molar-refractivity contribution >= 4 is 16.9 Å². The molecule has 0 aliphatic carbocycles. The Hall–Kier alpha value is -2.38. The molecule has 29 heavy (non-hydrogen) atoms. The fraction of sp³-hybridized carbons (Fsp3) is 0.545. The van der Waals surface area contributed by atoms with Crippen LogP contribution in [-0.4, -0.2) is 56.3 Å². The van der Waals surface area contributed by atoms with Gasteiger partial charge in [-0.25, -0.2) is 4.79 Å². The van der Waals surface area contributed by atoms with Gasteiger partial charge < -0.3 is 19.2 Å². The molecule has 1 aliphatic heterocycles. The van der Waals surface area contributed by atoms with E-state index in [9.17, 15) is 9.59 Å². The van der Waals surface area contributed by atoms with E-state index >= 15 is 0 Å². The second-order valence-electron chi connectivity index (χ2n) is 7.34. The number of nitrogens with zero attached hydrogens (tertiary/aromatic N) is 1. The summed E-state index contributed by atoms with van der Waals surface area (Å²) < 4.78 is 16.2. The maximum Gasteiger partial charge on any atom is 0.336 e. The monoisotopic (exact) mass is 402 g/mol. The number of rotatable bonds is 9. The summed E-state index contributed by atoms with van der Waals surface area (Å²) in [5, 5.41) is 3.83. The topological polar surface area (TPSA) is 81.0 Å². The van der Waals surface area contributed by atoms with E-state index < -0.39 is 5.63 Å². The average molecular weight is 402 g/mol. The maximum atomic E-state index is 12.4. The molecule has 1 atom stereocenters. The Kier molecular flexibility index (Phi) is 7.66. The number of hydrogen-bond donors (Lipinski definition) is 1. The van der Waals surface area contributed by atoms with Crippen molar-refractivity contribution in [2.75, 3.05) is 39.5 Å². The van der Waals surface area contributed by atoms with Gasteiger partial charge in [0.1, 0.15) is 11.3 Å². The number of nitrogens with one attached hydrogen (secondary N) is 1. The van der Waals surface area contributed by atoms with E-state index in [0.717, 1.165) is 44.5 Å². The highest BCUT2D eigenvalue weighted by molar-refractivity contribution is 5.79. The van der Waals surface area contributed by atoms with Crippen molar-refractivity contribution in [3.63, 3.8) is 0 Å². The number of hydrogen-bond acceptors (Lipinski definition) is 6. The molecule has 0 bridgehead atoms. The van der Waals surface area contributed by atoms with Gasteiger partial charge in [0.15, 0.2) is 6.61 Å². The van der Waals surface area contributed by atoms with Gasteiger partial charge in [0.05, 0.1) is 13.2 Å². The zero-order chi connectivity index (χ0) is 20.6. The van der Waals surface area contributed by atoms with Crippen LogP contribution in [0.4, 0.5) is 0 Å². The smallest absolute Gasteiger partial charge is 0.336 e. The number of amides is 1. The van der Waals surface area contributed by atoms with E-state index in [-0.39, 0.29) is 12.5 Å². The normalized spacial score (nSPS) is 16.1. The van der Waals surface area contributed by atoms with Crippen molar-refractivity contribution in [1.82, 2.24) is 10.2 Å². The summed E-state index contributed by atoms with van der Waals surface area (Å²) in [5.41, 5.74) is 0.0273. The van der Waals surface area contributed by atoms with Crippen LogP contribution in [0.25, 0.3) is 11.0 Å². The minimum atomic E-state index is -0.414. The zero-order valence-corrected chi connectivity index (χ0v) is 17.2. The summed E-state index contributed by atoms with van der Waals surface area (Å²) in [6.45, 7) is 8.20. The Balaban J connectivity index is 1.55. The molecule has 1 amide bonds. The number of benzene rings is 1. The highest BCUT2D eigenvalue weighted by Gasteiger charge is 2.27. The molecule has 0 saturated carbocycles. The fourth-order valence-corrected chi connectivity index (χ4v) is 3.88. The van der Waals surface area contributed by atoms with Crippen LogP contribution in [0.3, 0.4) is 0 Å². The number of carbonyl (C=O) groups is 1. The fourth-order valence-electron chi connectivity index (χ4n) is 3.88. The molecule has 158 valence electrons. The van der Waals surface area contributed by atoms with Crippen LogP contribution in [-0.2, 0) is 9.53 Å². The number of fused-ring (bicyclic) bond motifs is 1. The molecule has 1 N–H and O–H groups in total. The largest absolute Gasteiger partial charge is 0.484 e. The molecular weight excluding hydrogens is 372 g/mol. The average Bonchev–Trinajstić information content (AvgIpc) is 2.75. The molecule has 7 heteroatoms. The van der Waals surface area contributed by atoms with Gasteiger partial charge in [0, 0.05) is 43.2 Å². The quantitative estimate of drug-likeness (QED) is 0.649. The lowest BCUT2D eigenvalue weighted by Crippen LogP contribution is -2.52. The molecular formula is C22H30N2O5. The summed E-state index contributed by atoms with van der Waals surface area (Å²) >= 11 is 0. The summed E-state index contributed by atoms with van der Waals surface area (Å²) in [4.78, 5) is 26.2. The van der Waals surface area contributed by atoms with E-state index in [1.165, 1.54) is 6.07 Å². The van der Waals surface area contributed by atoms with Crippen LogP contribution >= 0.6 is 0 Å². The van der Waals surface area contributed by atoms with Crippen molar-refractivity contribution in [1.29, 1.82) is 0 Å². The summed E-state index contributed by atoms with van der Waals surface area (Å²) in [5.74, 6) is 0.855. The molecule has 1 aromatic carbocycles. The second-order valence-corrected chi connectivity index (χ2v) is 7.34. The highest BCUT2D eigenvalue weighted by Crippen LogP contribution is 2.20. The van der Waals surface area contributed by atoms with Crippen LogP contribution in [0.5, 0.6) is 5.75 Å². The highest BCUT2D eigenvalue weighted by atomic mass is 16.5. The first kappa shape index (κ1) is 21.3. The first-order chi connectivity index (χ1) is 14.1. The van der Waals surface area contributed by atoms with Gasteiger partial charge in [0.25, 0.3) is 5.91 Å². The third-order valence-corrected chi connectivity index (χ3v) is 5.58. The van der Waals surface area contributed by atoms with Gasteiger partial charge in [-0.3, -0.25) is 9.69 Å². The molecule has 2 heterocycles. The van der Waals surface area contributed by atoms with E-state index in [4.69, 9.17) is 13.9 Å². The summed E-state index contributed by atoms with van der Waals surface area (Å²) in [6, 6.07) is 8.56. The van der Waals surface area contributed by atoms with E-state index in [2.05, 4.69) is 24.1 Å². The third-order valence-electron chi connectivity index (χ3n) is 5.58. The van der Waals surface area contributed by atoms with Crippen molar-refractivity contribution < 1.29 is 18.7 Å². The SMILES string of the molecule is CCC(CC)C(CNC(=O)COc1ccc2ccc(=O)oc2c1)N1CCOCC1. The maximum absolute atomic E-state index is 12.4. The van der Waals surface area contributed by atoms with E-state index in [1.807, 2.05) is 0 Å². The van der Waals surface area contributed by atoms with Gasteiger partial charge in [-0.15, -0.1) is 0 Å². The Morgan fingerprint density at radius 2 is 1.90 bits per heavy atom. The van der Waals surface area contributed by atoms with Crippen LogP contribution in [0, 0.1) is 5.92 Å². The number of morpholine rings is 1. The molecule has 1 aromatic heterocycles. The van der Waals surface area contributed by atoms with Crippen LogP contribution in [0.15, 0.2) is 39.5 Å². The molecule has 3 rings (SSSR count). The number of ether oxygens (including phenoxy) is 2. The van der Waals surface area contributed by atoms with Crippen molar-refractivity contribution in [3.05, 3.63) is 40.8 Å².